The minimum absolute atomic E-state index is 0.190. The van der Waals surface area contributed by atoms with E-state index >= 15 is 0 Å². The summed E-state index contributed by atoms with van der Waals surface area (Å²) in [6, 6.07) is 8.13. The minimum atomic E-state index is 0.190. The molecule has 0 saturated heterocycles. The summed E-state index contributed by atoms with van der Waals surface area (Å²) in [5.41, 5.74) is 1.06. The third-order valence-electron chi connectivity index (χ3n) is 1.79. The summed E-state index contributed by atoms with van der Waals surface area (Å²) in [5.74, 6) is 2.69. The highest BCUT2D eigenvalue weighted by atomic mass is 32.2. The minimum Gasteiger partial charge on any atom is -0.230 e. The number of hydrogen-bond donors (Lipinski definition) is 0. The van der Waals surface area contributed by atoms with Crippen molar-refractivity contribution >= 4 is 33.3 Å². The fourth-order valence-electron chi connectivity index (χ4n) is 1.09. The molecular formula is C11H9NS2. The van der Waals surface area contributed by atoms with Crippen molar-refractivity contribution in [3.05, 3.63) is 24.3 Å². The average Bonchev–Trinajstić information content (AvgIpc) is 2.59. The summed E-state index contributed by atoms with van der Waals surface area (Å²) < 4.78 is 2.27. The van der Waals surface area contributed by atoms with E-state index in [0.29, 0.717) is 0 Å². The number of para-hydroxylation sites is 1. The van der Waals surface area contributed by atoms with Crippen LogP contribution in [0.1, 0.15) is 6.92 Å². The van der Waals surface area contributed by atoms with Crippen LogP contribution in [0.4, 0.5) is 0 Å². The number of thioether (sulfide) groups is 1. The van der Waals surface area contributed by atoms with Gasteiger partial charge in [-0.2, -0.15) is 0 Å². The zero-order valence-electron chi connectivity index (χ0n) is 7.73. The topological polar surface area (TPSA) is 12.9 Å². The standard InChI is InChI=1S/C11H9NS2/c1-3-8(2)13-11-12-9-6-4-5-7-10(9)14-11/h1,4-8H,2H3. The SMILES string of the molecule is C#CC(C)Sc1nc2ccccc2s1. The maximum atomic E-state index is 5.32. The molecule has 0 amide bonds. The van der Waals surface area contributed by atoms with E-state index in [-0.39, 0.29) is 5.25 Å². The van der Waals surface area contributed by atoms with Crippen LogP contribution in [-0.4, -0.2) is 10.2 Å². The highest BCUT2D eigenvalue weighted by molar-refractivity contribution is 8.01. The average molecular weight is 219 g/mol. The molecule has 1 aromatic heterocycles. The molecule has 1 heterocycles. The molecular weight excluding hydrogens is 210 g/mol. The maximum Gasteiger partial charge on any atom is 0.152 e. The summed E-state index contributed by atoms with van der Waals surface area (Å²) in [7, 11) is 0. The van der Waals surface area contributed by atoms with Crippen molar-refractivity contribution in [1.82, 2.24) is 4.98 Å². The summed E-state index contributed by atoms with van der Waals surface area (Å²) in [6.45, 7) is 2.01. The number of aromatic nitrogens is 1. The van der Waals surface area contributed by atoms with Gasteiger partial charge in [0.1, 0.15) is 0 Å². The van der Waals surface area contributed by atoms with E-state index in [0.717, 1.165) is 9.86 Å². The second-order valence-electron chi connectivity index (χ2n) is 2.87. The molecule has 70 valence electrons. The molecule has 3 heteroatoms. The van der Waals surface area contributed by atoms with E-state index in [1.165, 1.54) is 4.70 Å². The summed E-state index contributed by atoms with van der Waals surface area (Å²) >= 11 is 3.34. The van der Waals surface area contributed by atoms with Crippen LogP contribution in [0.2, 0.25) is 0 Å². The first-order valence-corrected chi connectivity index (χ1v) is 5.97. The summed E-state index contributed by atoms with van der Waals surface area (Å²) in [6.07, 6.45) is 5.32. The van der Waals surface area contributed by atoms with Crippen LogP contribution in [0.15, 0.2) is 28.6 Å². The van der Waals surface area contributed by atoms with E-state index in [4.69, 9.17) is 6.42 Å². The Morgan fingerprint density at radius 3 is 3.00 bits per heavy atom. The molecule has 0 fully saturated rings. The van der Waals surface area contributed by atoms with Gasteiger partial charge < -0.3 is 0 Å². The van der Waals surface area contributed by atoms with Gasteiger partial charge in [-0.1, -0.05) is 29.8 Å². The molecule has 0 spiro atoms. The highest BCUT2D eigenvalue weighted by Gasteiger charge is 2.06. The van der Waals surface area contributed by atoms with Crippen molar-refractivity contribution in [2.75, 3.05) is 0 Å². The van der Waals surface area contributed by atoms with Gasteiger partial charge in [0, 0.05) is 0 Å². The fraction of sp³-hybridized carbons (Fsp3) is 0.182. The molecule has 14 heavy (non-hydrogen) atoms. The van der Waals surface area contributed by atoms with Crippen molar-refractivity contribution in [1.29, 1.82) is 0 Å². The van der Waals surface area contributed by atoms with E-state index in [1.54, 1.807) is 23.1 Å². The monoisotopic (exact) mass is 219 g/mol. The molecule has 1 atom stereocenters. The Balaban J connectivity index is 2.32. The molecule has 0 aliphatic rings. The lowest BCUT2D eigenvalue weighted by molar-refractivity contribution is 1.25. The van der Waals surface area contributed by atoms with Crippen molar-refractivity contribution in [2.45, 2.75) is 16.5 Å². The largest absolute Gasteiger partial charge is 0.230 e. The second-order valence-corrected chi connectivity index (χ2v) is 5.49. The van der Waals surface area contributed by atoms with E-state index in [2.05, 4.69) is 17.0 Å². The van der Waals surface area contributed by atoms with Crippen LogP contribution in [-0.2, 0) is 0 Å². The lowest BCUT2D eigenvalue weighted by Gasteiger charge is -1.96. The Morgan fingerprint density at radius 2 is 2.29 bits per heavy atom. The van der Waals surface area contributed by atoms with Crippen LogP contribution >= 0.6 is 23.1 Å². The molecule has 1 aromatic carbocycles. The number of terminal acetylenes is 1. The Labute approximate surface area is 91.6 Å². The van der Waals surface area contributed by atoms with Gasteiger partial charge in [-0.3, -0.25) is 0 Å². The van der Waals surface area contributed by atoms with Gasteiger partial charge in [-0.25, -0.2) is 4.98 Å². The quantitative estimate of drug-likeness (QED) is 0.567. The fourth-order valence-corrected chi connectivity index (χ4v) is 3.20. The smallest absolute Gasteiger partial charge is 0.152 e. The first-order valence-electron chi connectivity index (χ1n) is 4.28. The van der Waals surface area contributed by atoms with Crippen LogP contribution in [0, 0.1) is 12.3 Å². The van der Waals surface area contributed by atoms with E-state index in [1.807, 2.05) is 25.1 Å². The van der Waals surface area contributed by atoms with Gasteiger partial charge in [0.15, 0.2) is 4.34 Å². The number of benzene rings is 1. The number of hydrogen-bond acceptors (Lipinski definition) is 3. The lowest BCUT2D eigenvalue weighted by Crippen LogP contribution is -1.87. The zero-order chi connectivity index (χ0) is 9.97. The first-order chi connectivity index (χ1) is 6.79. The molecule has 1 nitrogen and oxygen atoms in total. The molecule has 0 bridgehead atoms. The number of nitrogens with zero attached hydrogens (tertiary/aromatic N) is 1. The molecule has 2 aromatic rings. The molecule has 2 rings (SSSR count). The molecule has 0 aliphatic heterocycles. The third-order valence-corrected chi connectivity index (χ3v) is 3.94. The Bertz CT molecular complexity index is 448. The lowest BCUT2D eigenvalue weighted by atomic mass is 10.3. The normalized spacial score (nSPS) is 12.6. The number of fused-ring (bicyclic) bond motifs is 1. The Hall–Kier alpha value is -0.980. The predicted molar refractivity (Wildman–Crippen MR) is 63.8 cm³/mol. The molecule has 0 radical (unpaired) electrons. The summed E-state index contributed by atoms with van der Waals surface area (Å²) in [4.78, 5) is 4.49. The van der Waals surface area contributed by atoms with Crippen molar-refractivity contribution in [2.24, 2.45) is 0 Å². The van der Waals surface area contributed by atoms with E-state index in [9.17, 15) is 0 Å². The van der Waals surface area contributed by atoms with Crippen molar-refractivity contribution in [3.63, 3.8) is 0 Å². The maximum absolute atomic E-state index is 5.32. The highest BCUT2D eigenvalue weighted by Crippen LogP contribution is 2.31. The Morgan fingerprint density at radius 1 is 1.50 bits per heavy atom. The third kappa shape index (κ3) is 1.92. The van der Waals surface area contributed by atoms with Gasteiger partial charge in [-0.15, -0.1) is 17.8 Å². The van der Waals surface area contributed by atoms with E-state index < -0.39 is 0 Å². The van der Waals surface area contributed by atoms with Crippen molar-refractivity contribution in [3.8, 4) is 12.3 Å². The predicted octanol–water partition coefficient (Wildman–Crippen LogP) is 3.41. The van der Waals surface area contributed by atoms with Crippen molar-refractivity contribution < 1.29 is 0 Å². The van der Waals surface area contributed by atoms with Crippen LogP contribution < -0.4 is 0 Å². The molecule has 0 N–H and O–H groups in total. The van der Waals surface area contributed by atoms with Gasteiger partial charge in [0.05, 0.1) is 15.5 Å². The molecule has 1 unspecified atom stereocenters. The van der Waals surface area contributed by atoms with Gasteiger partial charge in [-0.05, 0) is 19.1 Å². The zero-order valence-corrected chi connectivity index (χ0v) is 9.36. The molecule has 0 saturated carbocycles. The number of thiazole rings is 1. The molecule has 0 aliphatic carbocycles. The van der Waals surface area contributed by atoms with Crippen LogP contribution in [0.5, 0.6) is 0 Å². The first kappa shape index (κ1) is 9.57. The van der Waals surface area contributed by atoms with Crippen LogP contribution in [0.25, 0.3) is 10.2 Å². The van der Waals surface area contributed by atoms with Gasteiger partial charge >= 0.3 is 0 Å². The Kier molecular flexibility index (Phi) is 2.76. The number of rotatable bonds is 2. The van der Waals surface area contributed by atoms with Gasteiger partial charge in [0.25, 0.3) is 0 Å². The summed E-state index contributed by atoms with van der Waals surface area (Å²) in [5, 5.41) is 0.190. The second kappa shape index (κ2) is 4.04. The van der Waals surface area contributed by atoms with Crippen LogP contribution in [0.3, 0.4) is 0 Å². The van der Waals surface area contributed by atoms with Gasteiger partial charge in [0.2, 0.25) is 0 Å².